The second-order valence-electron chi connectivity index (χ2n) is 6.60. The highest BCUT2D eigenvalue weighted by Crippen LogP contribution is 2.33. The number of nitrogens with zero attached hydrogens (tertiary/aromatic N) is 4. The van der Waals surface area contributed by atoms with Crippen LogP contribution in [0.2, 0.25) is 0 Å². The SMILES string of the molecule is COc1ccc([C@H]2OCC[C@@H]2Nc2ncnc3c2CN(C)CC3)cn1. The molecule has 1 saturated heterocycles. The van der Waals surface area contributed by atoms with E-state index < -0.39 is 0 Å². The smallest absolute Gasteiger partial charge is 0.212 e. The van der Waals surface area contributed by atoms with Gasteiger partial charge in [-0.1, -0.05) is 0 Å². The van der Waals surface area contributed by atoms with Crippen molar-refractivity contribution in [3.63, 3.8) is 0 Å². The Balaban J connectivity index is 1.55. The lowest BCUT2D eigenvalue weighted by molar-refractivity contribution is 0.107. The van der Waals surface area contributed by atoms with Gasteiger partial charge in [0.25, 0.3) is 0 Å². The first-order chi connectivity index (χ1) is 12.2. The predicted molar refractivity (Wildman–Crippen MR) is 93.6 cm³/mol. The second kappa shape index (κ2) is 6.93. The van der Waals surface area contributed by atoms with Crippen molar-refractivity contribution in [2.24, 2.45) is 0 Å². The molecule has 4 rings (SSSR count). The second-order valence-corrected chi connectivity index (χ2v) is 6.60. The fraction of sp³-hybridized carbons (Fsp3) is 0.500. The summed E-state index contributed by atoms with van der Waals surface area (Å²) in [6.07, 6.45) is 5.35. The topological polar surface area (TPSA) is 72.4 Å². The van der Waals surface area contributed by atoms with Crippen LogP contribution < -0.4 is 10.1 Å². The number of fused-ring (bicyclic) bond motifs is 1. The maximum atomic E-state index is 5.97. The zero-order valence-corrected chi connectivity index (χ0v) is 14.6. The van der Waals surface area contributed by atoms with E-state index in [0.29, 0.717) is 5.88 Å². The van der Waals surface area contributed by atoms with E-state index in [-0.39, 0.29) is 12.1 Å². The molecule has 1 N–H and O–H groups in total. The molecule has 0 saturated carbocycles. The van der Waals surface area contributed by atoms with E-state index in [1.807, 2.05) is 18.3 Å². The molecule has 7 nitrogen and oxygen atoms in total. The first-order valence-corrected chi connectivity index (χ1v) is 8.64. The molecule has 0 unspecified atom stereocenters. The molecule has 2 aromatic heterocycles. The number of anilines is 1. The number of nitrogens with one attached hydrogen (secondary N) is 1. The van der Waals surface area contributed by atoms with Crippen LogP contribution in [0.15, 0.2) is 24.7 Å². The summed E-state index contributed by atoms with van der Waals surface area (Å²) in [5.74, 6) is 1.54. The van der Waals surface area contributed by atoms with Crippen molar-refractivity contribution in [3.05, 3.63) is 41.5 Å². The zero-order chi connectivity index (χ0) is 17.2. The standard InChI is InChI=1S/C18H23N5O2/c1-23-7-5-14-13(10-23)18(21-11-20-14)22-15-6-8-25-17(15)12-3-4-16(24-2)19-9-12/h3-4,9,11,15,17H,5-8,10H2,1-2H3,(H,20,21,22)/t15-,17+/m0/s1. The van der Waals surface area contributed by atoms with E-state index in [1.54, 1.807) is 13.4 Å². The Bertz CT molecular complexity index is 737. The monoisotopic (exact) mass is 341 g/mol. The minimum atomic E-state index is -0.0367. The summed E-state index contributed by atoms with van der Waals surface area (Å²) in [6.45, 7) is 2.64. The van der Waals surface area contributed by atoms with Crippen molar-refractivity contribution in [2.45, 2.75) is 31.5 Å². The number of pyridine rings is 1. The van der Waals surface area contributed by atoms with E-state index >= 15 is 0 Å². The summed E-state index contributed by atoms with van der Waals surface area (Å²) >= 11 is 0. The van der Waals surface area contributed by atoms with Gasteiger partial charge in [-0.3, -0.25) is 0 Å². The normalized spacial score (nSPS) is 23.3. The number of hydrogen-bond donors (Lipinski definition) is 1. The third kappa shape index (κ3) is 3.29. The van der Waals surface area contributed by atoms with Gasteiger partial charge in [0.2, 0.25) is 5.88 Å². The Morgan fingerprint density at radius 2 is 2.20 bits per heavy atom. The first kappa shape index (κ1) is 16.2. The van der Waals surface area contributed by atoms with Crippen molar-refractivity contribution in [2.75, 3.05) is 32.6 Å². The predicted octanol–water partition coefficient (Wildman–Crippen LogP) is 1.81. The van der Waals surface area contributed by atoms with Gasteiger partial charge < -0.3 is 19.7 Å². The summed E-state index contributed by atoms with van der Waals surface area (Å²) in [5, 5.41) is 3.60. The van der Waals surface area contributed by atoms with E-state index in [4.69, 9.17) is 9.47 Å². The van der Waals surface area contributed by atoms with Crippen LogP contribution in [0.1, 0.15) is 29.3 Å². The van der Waals surface area contributed by atoms with Crippen LogP contribution >= 0.6 is 0 Å². The minimum Gasteiger partial charge on any atom is -0.481 e. The Morgan fingerprint density at radius 1 is 1.28 bits per heavy atom. The maximum Gasteiger partial charge on any atom is 0.212 e. The first-order valence-electron chi connectivity index (χ1n) is 8.64. The minimum absolute atomic E-state index is 0.0367. The lowest BCUT2D eigenvalue weighted by Crippen LogP contribution is -2.30. The lowest BCUT2D eigenvalue weighted by atomic mass is 10.0. The molecule has 2 aromatic rings. The Hall–Kier alpha value is -2.25. The summed E-state index contributed by atoms with van der Waals surface area (Å²) in [7, 11) is 3.75. The van der Waals surface area contributed by atoms with Gasteiger partial charge in [-0.15, -0.1) is 0 Å². The average Bonchev–Trinajstić information content (AvgIpc) is 3.10. The Labute approximate surface area is 147 Å². The molecule has 1 fully saturated rings. The van der Waals surface area contributed by atoms with Crippen LogP contribution in [-0.2, 0) is 17.7 Å². The molecule has 25 heavy (non-hydrogen) atoms. The number of hydrogen-bond acceptors (Lipinski definition) is 7. The number of aromatic nitrogens is 3. The van der Waals surface area contributed by atoms with Crippen molar-refractivity contribution >= 4 is 5.82 Å². The van der Waals surface area contributed by atoms with Crippen LogP contribution in [0.5, 0.6) is 5.88 Å². The highest BCUT2D eigenvalue weighted by Gasteiger charge is 2.31. The van der Waals surface area contributed by atoms with Crippen molar-refractivity contribution in [3.8, 4) is 5.88 Å². The molecule has 2 aliphatic heterocycles. The fourth-order valence-corrected chi connectivity index (χ4v) is 3.52. The molecule has 2 aliphatic rings. The number of ether oxygens (including phenoxy) is 2. The highest BCUT2D eigenvalue weighted by atomic mass is 16.5. The summed E-state index contributed by atoms with van der Waals surface area (Å²) in [5.41, 5.74) is 3.41. The zero-order valence-electron chi connectivity index (χ0n) is 14.6. The van der Waals surface area contributed by atoms with E-state index in [0.717, 1.165) is 49.6 Å². The van der Waals surface area contributed by atoms with Gasteiger partial charge in [0.1, 0.15) is 18.2 Å². The molecule has 4 heterocycles. The van der Waals surface area contributed by atoms with Gasteiger partial charge in [0.05, 0.1) is 18.8 Å². The van der Waals surface area contributed by atoms with E-state index in [2.05, 4.69) is 32.2 Å². The number of rotatable bonds is 4. The Morgan fingerprint density at radius 3 is 3.00 bits per heavy atom. The molecule has 2 atom stereocenters. The maximum absolute atomic E-state index is 5.97. The van der Waals surface area contributed by atoms with Crippen LogP contribution in [-0.4, -0.2) is 53.2 Å². The molecular weight excluding hydrogens is 318 g/mol. The molecular formula is C18H23N5O2. The largest absolute Gasteiger partial charge is 0.481 e. The quantitative estimate of drug-likeness (QED) is 0.909. The molecule has 0 aromatic carbocycles. The summed E-state index contributed by atoms with van der Waals surface area (Å²) in [6, 6.07) is 4.05. The molecule has 0 bridgehead atoms. The van der Waals surface area contributed by atoms with Crippen LogP contribution in [0, 0.1) is 0 Å². The van der Waals surface area contributed by atoms with Gasteiger partial charge in [-0.05, 0) is 19.5 Å². The third-order valence-corrected chi connectivity index (χ3v) is 4.90. The summed E-state index contributed by atoms with van der Waals surface area (Å²) in [4.78, 5) is 15.6. The molecule has 0 amide bonds. The van der Waals surface area contributed by atoms with Crippen molar-refractivity contribution in [1.82, 2.24) is 19.9 Å². The van der Waals surface area contributed by atoms with Gasteiger partial charge in [0, 0.05) is 49.5 Å². The molecule has 0 spiro atoms. The number of likely N-dealkylation sites (N-methyl/N-ethyl adjacent to an activating group) is 1. The number of methoxy groups -OCH3 is 1. The van der Waals surface area contributed by atoms with Gasteiger partial charge in [-0.25, -0.2) is 15.0 Å². The third-order valence-electron chi connectivity index (χ3n) is 4.90. The van der Waals surface area contributed by atoms with Gasteiger partial charge in [0.15, 0.2) is 0 Å². The van der Waals surface area contributed by atoms with E-state index in [9.17, 15) is 0 Å². The van der Waals surface area contributed by atoms with Gasteiger partial charge in [-0.2, -0.15) is 0 Å². The van der Waals surface area contributed by atoms with Crippen molar-refractivity contribution in [1.29, 1.82) is 0 Å². The van der Waals surface area contributed by atoms with Gasteiger partial charge >= 0.3 is 0 Å². The fourth-order valence-electron chi connectivity index (χ4n) is 3.52. The summed E-state index contributed by atoms with van der Waals surface area (Å²) < 4.78 is 11.1. The molecule has 7 heteroatoms. The van der Waals surface area contributed by atoms with Crippen LogP contribution in [0.4, 0.5) is 5.82 Å². The van der Waals surface area contributed by atoms with Crippen LogP contribution in [0.3, 0.4) is 0 Å². The highest BCUT2D eigenvalue weighted by molar-refractivity contribution is 5.48. The molecule has 0 radical (unpaired) electrons. The molecule has 0 aliphatic carbocycles. The molecule has 132 valence electrons. The van der Waals surface area contributed by atoms with Crippen molar-refractivity contribution < 1.29 is 9.47 Å². The Kier molecular flexibility index (Phi) is 4.50. The van der Waals surface area contributed by atoms with Crippen LogP contribution in [0.25, 0.3) is 0 Å². The lowest BCUT2D eigenvalue weighted by Gasteiger charge is -2.27. The van der Waals surface area contributed by atoms with E-state index in [1.165, 1.54) is 5.56 Å². The average molecular weight is 341 g/mol.